The zero-order valence-electron chi connectivity index (χ0n) is 8.64. The predicted molar refractivity (Wildman–Crippen MR) is 57.6 cm³/mol. The largest absolute Gasteiger partial charge is 0.312 e. The molecule has 0 aromatic heterocycles. The third-order valence-electron chi connectivity index (χ3n) is 2.77. The number of amides is 1. The van der Waals surface area contributed by atoms with Crippen LogP contribution in [0.15, 0.2) is 30.3 Å². The highest BCUT2D eigenvalue weighted by Crippen LogP contribution is 2.24. The maximum absolute atomic E-state index is 11.7. The van der Waals surface area contributed by atoms with Crippen LogP contribution >= 0.6 is 0 Å². The highest BCUT2D eigenvalue weighted by atomic mass is 16.2. The Hall–Kier alpha value is -1.64. The van der Waals surface area contributed by atoms with E-state index in [0.717, 1.165) is 5.69 Å². The number of rotatable bonds is 2. The van der Waals surface area contributed by atoms with Crippen LogP contribution in [-0.2, 0) is 9.59 Å². The van der Waals surface area contributed by atoms with Crippen molar-refractivity contribution in [1.29, 1.82) is 0 Å². The summed E-state index contributed by atoms with van der Waals surface area (Å²) in [6.45, 7) is 2.07. The first-order valence-corrected chi connectivity index (χ1v) is 5.04. The Morgan fingerprint density at radius 3 is 2.53 bits per heavy atom. The van der Waals surface area contributed by atoms with E-state index in [-0.39, 0.29) is 17.6 Å². The van der Waals surface area contributed by atoms with Crippen molar-refractivity contribution >= 4 is 17.4 Å². The highest BCUT2D eigenvalue weighted by Gasteiger charge is 2.32. The summed E-state index contributed by atoms with van der Waals surface area (Å²) in [7, 11) is 0. The molecule has 1 aliphatic rings. The summed E-state index contributed by atoms with van der Waals surface area (Å²) >= 11 is 0. The monoisotopic (exact) mass is 203 g/mol. The minimum absolute atomic E-state index is 0.0430. The zero-order valence-corrected chi connectivity index (χ0v) is 8.64. The summed E-state index contributed by atoms with van der Waals surface area (Å²) in [6.07, 6.45) is 0.351. The van der Waals surface area contributed by atoms with Crippen LogP contribution in [0.5, 0.6) is 0 Å². The second kappa shape index (κ2) is 3.85. The second-order valence-electron chi connectivity index (χ2n) is 3.85. The van der Waals surface area contributed by atoms with Crippen LogP contribution in [0, 0.1) is 5.92 Å². The average Bonchev–Trinajstić information content (AvgIpc) is 2.62. The minimum atomic E-state index is -0.127. The predicted octanol–water partition coefficient (Wildman–Crippen LogP) is 1.63. The summed E-state index contributed by atoms with van der Waals surface area (Å²) in [5.41, 5.74) is 0.881. The van der Waals surface area contributed by atoms with Gasteiger partial charge in [-0.05, 0) is 19.1 Å². The standard InChI is InChI=1S/C12H13NO2/c1-9(14)10-7-12(15)13(8-10)11-5-3-2-4-6-11/h2-6,10H,7-8H2,1H3. The molecule has 3 nitrogen and oxygen atoms in total. The van der Waals surface area contributed by atoms with E-state index in [1.54, 1.807) is 11.8 Å². The van der Waals surface area contributed by atoms with Gasteiger partial charge in [0.1, 0.15) is 5.78 Å². The molecule has 1 unspecified atom stereocenters. The lowest BCUT2D eigenvalue weighted by Gasteiger charge is -2.15. The molecule has 3 heteroatoms. The smallest absolute Gasteiger partial charge is 0.227 e. The topological polar surface area (TPSA) is 37.4 Å². The van der Waals surface area contributed by atoms with Crippen LogP contribution in [0.1, 0.15) is 13.3 Å². The molecule has 1 aromatic rings. The Morgan fingerprint density at radius 2 is 2.00 bits per heavy atom. The lowest BCUT2D eigenvalue weighted by atomic mass is 10.1. The maximum Gasteiger partial charge on any atom is 0.227 e. The van der Waals surface area contributed by atoms with Gasteiger partial charge in [0, 0.05) is 24.6 Å². The van der Waals surface area contributed by atoms with Gasteiger partial charge in [-0.1, -0.05) is 18.2 Å². The van der Waals surface area contributed by atoms with Gasteiger partial charge in [0.2, 0.25) is 5.91 Å². The highest BCUT2D eigenvalue weighted by molar-refractivity contribution is 6.00. The van der Waals surface area contributed by atoms with E-state index < -0.39 is 0 Å². The normalized spacial score (nSPS) is 20.7. The molecule has 15 heavy (non-hydrogen) atoms. The lowest BCUT2D eigenvalue weighted by molar-refractivity contribution is -0.123. The van der Waals surface area contributed by atoms with Gasteiger partial charge >= 0.3 is 0 Å². The number of hydrogen-bond donors (Lipinski definition) is 0. The zero-order chi connectivity index (χ0) is 10.8. The van der Waals surface area contributed by atoms with Gasteiger partial charge in [0.05, 0.1) is 0 Å². The summed E-state index contributed by atoms with van der Waals surface area (Å²) < 4.78 is 0. The first-order chi connectivity index (χ1) is 7.18. The van der Waals surface area contributed by atoms with E-state index in [1.807, 2.05) is 30.3 Å². The number of anilines is 1. The maximum atomic E-state index is 11.7. The van der Waals surface area contributed by atoms with E-state index >= 15 is 0 Å². The second-order valence-corrected chi connectivity index (χ2v) is 3.85. The van der Waals surface area contributed by atoms with Crippen molar-refractivity contribution in [2.24, 2.45) is 5.92 Å². The fourth-order valence-corrected chi connectivity index (χ4v) is 1.84. The quantitative estimate of drug-likeness (QED) is 0.732. The van der Waals surface area contributed by atoms with Crippen molar-refractivity contribution in [1.82, 2.24) is 0 Å². The summed E-state index contributed by atoms with van der Waals surface area (Å²) in [5, 5.41) is 0. The fraction of sp³-hybridized carbons (Fsp3) is 0.333. The Morgan fingerprint density at radius 1 is 1.33 bits per heavy atom. The van der Waals surface area contributed by atoms with Gasteiger partial charge in [-0.25, -0.2) is 0 Å². The molecule has 1 atom stereocenters. The fourth-order valence-electron chi connectivity index (χ4n) is 1.84. The number of carbonyl (C=O) groups excluding carboxylic acids is 2. The van der Waals surface area contributed by atoms with E-state index in [1.165, 1.54) is 0 Å². The van der Waals surface area contributed by atoms with E-state index in [0.29, 0.717) is 13.0 Å². The van der Waals surface area contributed by atoms with Crippen LogP contribution in [0.4, 0.5) is 5.69 Å². The Bertz CT molecular complexity index is 386. The minimum Gasteiger partial charge on any atom is -0.312 e. The SMILES string of the molecule is CC(=O)C1CC(=O)N(c2ccccc2)C1. The molecule has 0 bridgehead atoms. The molecule has 0 spiro atoms. The van der Waals surface area contributed by atoms with Gasteiger partial charge in [-0.2, -0.15) is 0 Å². The molecule has 1 aromatic carbocycles. The van der Waals surface area contributed by atoms with Gasteiger partial charge < -0.3 is 4.90 Å². The molecule has 0 radical (unpaired) electrons. The molecule has 1 aliphatic heterocycles. The summed E-state index contributed by atoms with van der Waals surface area (Å²) in [4.78, 5) is 24.5. The van der Waals surface area contributed by atoms with Crippen molar-refractivity contribution < 1.29 is 9.59 Å². The average molecular weight is 203 g/mol. The van der Waals surface area contributed by atoms with Crippen LogP contribution in [-0.4, -0.2) is 18.2 Å². The molecule has 1 amide bonds. The summed E-state index contributed by atoms with van der Waals surface area (Å²) in [5.74, 6) is 0.0147. The molecule has 78 valence electrons. The summed E-state index contributed by atoms with van der Waals surface area (Å²) in [6, 6.07) is 9.47. The number of benzene rings is 1. The van der Waals surface area contributed by atoms with Crippen LogP contribution < -0.4 is 4.90 Å². The van der Waals surface area contributed by atoms with Crippen LogP contribution in [0.25, 0.3) is 0 Å². The van der Waals surface area contributed by atoms with Crippen molar-refractivity contribution in [3.8, 4) is 0 Å². The molecular formula is C12H13NO2. The van der Waals surface area contributed by atoms with E-state index in [2.05, 4.69) is 0 Å². The first kappa shape index (κ1) is 9.90. The Kier molecular flexibility index (Phi) is 2.54. The Balaban J connectivity index is 2.19. The third kappa shape index (κ3) is 1.91. The molecule has 0 aliphatic carbocycles. The third-order valence-corrected chi connectivity index (χ3v) is 2.77. The molecule has 0 N–H and O–H groups in total. The number of ketones is 1. The van der Waals surface area contributed by atoms with Gasteiger partial charge in [-0.15, -0.1) is 0 Å². The molecular weight excluding hydrogens is 190 g/mol. The van der Waals surface area contributed by atoms with Gasteiger partial charge in [-0.3, -0.25) is 9.59 Å². The molecule has 1 heterocycles. The number of carbonyl (C=O) groups is 2. The Labute approximate surface area is 88.7 Å². The molecule has 1 saturated heterocycles. The van der Waals surface area contributed by atoms with Gasteiger partial charge in [0.15, 0.2) is 0 Å². The molecule has 1 fully saturated rings. The van der Waals surface area contributed by atoms with Crippen molar-refractivity contribution in [3.63, 3.8) is 0 Å². The van der Waals surface area contributed by atoms with Crippen molar-refractivity contribution in [2.75, 3.05) is 11.4 Å². The lowest BCUT2D eigenvalue weighted by Crippen LogP contribution is -2.25. The number of Topliss-reactive ketones (excluding diaryl/α,β-unsaturated/α-hetero) is 1. The molecule has 0 saturated carbocycles. The van der Waals surface area contributed by atoms with Crippen LogP contribution in [0.2, 0.25) is 0 Å². The number of nitrogens with zero attached hydrogens (tertiary/aromatic N) is 1. The number of hydrogen-bond acceptors (Lipinski definition) is 2. The van der Waals surface area contributed by atoms with Crippen LogP contribution in [0.3, 0.4) is 0 Å². The van der Waals surface area contributed by atoms with Crippen molar-refractivity contribution in [2.45, 2.75) is 13.3 Å². The number of para-hydroxylation sites is 1. The van der Waals surface area contributed by atoms with Crippen molar-refractivity contribution in [3.05, 3.63) is 30.3 Å². The first-order valence-electron chi connectivity index (χ1n) is 5.04. The van der Waals surface area contributed by atoms with E-state index in [9.17, 15) is 9.59 Å². The van der Waals surface area contributed by atoms with Gasteiger partial charge in [0.25, 0.3) is 0 Å². The van der Waals surface area contributed by atoms with E-state index in [4.69, 9.17) is 0 Å². The molecule has 2 rings (SSSR count).